The molecule has 13 heavy (non-hydrogen) atoms. The van der Waals surface area contributed by atoms with Crippen molar-refractivity contribution in [2.75, 3.05) is 0 Å². The quantitative estimate of drug-likeness (QED) is 0.597. The van der Waals surface area contributed by atoms with Crippen LogP contribution in [-0.2, 0) is 17.6 Å². The molecule has 1 unspecified atom stereocenters. The summed E-state index contributed by atoms with van der Waals surface area (Å²) in [7, 11) is 0. The van der Waals surface area contributed by atoms with Crippen LogP contribution in [-0.4, -0.2) is 6.29 Å². The zero-order valence-corrected chi connectivity index (χ0v) is 8.13. The van der Waals surface area contributed by atoms with Crippen molar-refractivity contribution in [2.24, 2.45) is 5.41 Å². The lowest BCUT2D eigenvalue weighted by atomic mass is 9.89. The lowest BCUT2D eigenvalue weighted by molar-refractivity contribution is -0.115. The van der Waals surface area contributed by atoms with E-state index in [-0.39, 0.29) is 5.41 Å². The van der Waals surface area contributed by atoms with E-state index in [1.54, 1.807) is 0 Å². The van der Waals surface area contributed by atoms with Crippen LogP contribution in [0.25, 0.3) is 0 Å². The van der Waals surface area contributed by atoms with Crippen molar-refractivity contribution in [3.05, 3.63) is 34.9 Å². The van der Waals surface area contributed by atoms with E-state index in [0.29, 0.717) is 0 Å². The van der Waals surface area contributed by atoms with Crippen LogP contribution in [0.15, 0.2) is 18.2 Å². The van der Waals surface area contributed by atoms with Gasteiger partial charge in [-0.05, 0) is 30.9 Å². The number of hydrogen-bond donors (Lipinski definition) is 0. The number of hydrogen-bond acceptors (Lipinski definition) is 1. The summed E-state index contributed by atoms with van der Waals surface area (Å²) in [4.78, 5) is 10.9. The van der Waals surface area contributed by atoms with Crippen LogP contribution in [0.1, 0.15) is 23.6 Å². The van der Waals surface area contributed by atoms with Crippen LogP contribution >= 0.6 is 0 Å². The third kappa shape index (κ3) is 1.39. The Bertz CT molecular complexity index is 354. The van der Waals surface area contributed by atoms with Gasteiger partial charge in [-0.15, -0.1) is 0 Å². The molecule has 0 saturated heterocycles. The molecule has 0 amide bonds. The van der Waals surface area contributed by atoms with Crippen molar-refractivity contribution in [1.29, 1.82) is 0 Å². The first kappa shape index (κ1) is 8.49. The van der Waals surface area contributed by atoms with E-state index in [1.807, 2.05) is 6.92 Å². The van der Waals surface area contributed by atoms with Gasteiger partial charge in [0.25, 0.3) is 0 Å². The molecule has 0 N–H and O–H groups in total. The molecule has 0 radical (unpaired) electrons. The minimum Gasteiger partial charge on any atom is -0.303 e. The predicted molar refractivity (Wildman–Crippen MR) is 52.8 cm³/mol. The van der Waals surface area contributed by atoms with Gasteiger partial charge in [-0.25, -0.2) is 0 Å². The van der Waals surface area contributed by atoms with Crippen LogP contribution in [0.4, 0.5) is 0 Å². The molecule has 0 aromatic heterocycles. The van der Waals surface area contributed by atoms with Gasteiger partial charge in [0.2, 0.25) is 0 Å². The van der Waals surface area contributed by atoms with E-state index < -0.39 is 0 Å². The lowest BCUT2D eigenvalue weighted by Gasteiger charge is -2.12. The van der Waals surface area contributed by atoms with Gasteiger partial charge < -0.3 is 4.79 Å². The Kier molecular flexibility index (Phi) is 1.76. The summed E-state index contributed by atoms with van der Waals surface area (Å²) in [5.41, 5.74) is 3.85. The van der Waals surface area contributed by atoms with E-state index in [2.05, 4.69) is 25.1 Å². The van der Waals surface area contributed by atoms with Crippen LogP contribution in [0.2, 0.25) is 0 Å². The molecule has 0 fully saturated rings. The third-order valence-electron chi connectivity index (χ3n) is 2.83. The summed E-state index contributed by atoms with van der Waals surface area (Å²) in [6.45, 7) is 4.13. The maximum absolute atomic E-state index is 10.9. The Balaban J connectivity index is 2.40. The number of aldehydes is 1. The normalized spacial score (nSPS) is 25.7. The number of carbonyl (C=O) groups excluding carboxylic acids is 1. The standard InChI is InChI=1S/C12H14O/c1-9-3-4-10-6-12(2,8-13)7-11(10)5-9/h3-5,8H,6-7H2,1-2H3. The molecule has 1 aromatic rings. The molecule has 1 nitrogen and oxygen atoms in total. The smallest absolute Gasteiger partial charge is 0.126 e. The molecule has 0 spiro atoms. The maximum Gasteiger partial charge on any atom is 0.126 e. The predicted octanol–water partition coefficient (Wildman–Crippen LogP) is 2.30. The number of benzene rings is 1. The second kappa shape index (κ2) is 2.69. The van der Waals surface area contributed by atoms with Crippen LogP contribution in [0, 0.1) is 12.3 Å². The molecule has 0 bridgehead atoms. The molecule has 68 valence electrons. The first-order chi connectivity index (χ1) is 6.13. The number of aryl methyl sites for hydroxylation is 1. The molecule has 1 aliphatic carbocycles. The van der Waals surface area contributed by atoms with Crippen LogP contribution in [0.3, 0.4) is 0 Å². The molecule has 2 rings (SSSR count). The fourth-order valence-electron chi connectivity index (χ4n) is 2.11. The minimum atomic E-state index is -0.143. The van der Waals surface area contributed by atoms with Crippen molar-refractivity contribution in [1.82, 2.24) is 0 Å². The highest BCUT2D eigenvalue weighted by Gasteiger charge is 2.32. The Labute approximate surface area is 78.8 Å². The zero-order valence-electron chi connectivity index (χ0n) is 8.13. The van der Waals surface area contributed by atoms with E-state index in [9.17, 15) is 4.79 Å². The van der Waals surface area contributed by atoms with Gasteiger partial charge in [0.1, 0.15) is 6.29 Å². The Morgan fingerprint density at radius 2 is 2.00 bits per heavy atom. The molecule has 0 heterocycles. The highest BCUT2D eigenvalue weighted by Crippen LogP contribution is 2.35. The average Bonchev–Trinajstić information content (AvgIpc) is 2.42. The molecule has 1 aromatic carbocycles. The van der Waals surface area contributed by atoms with Gasteiger partial charge in [-0.3, -0.25) is 0 Å². The van der Waals surface area contributed by atoms with Crippen molar-refractivity contribution in [2.45, 2.75) is 26.7 Å². The monoisotopic (exact) mass is 174 g/mol. The summed E-state index contributed by atoms with van der Waals surface area (Å²) in [5, 5.41) is 0. The van der Waals surface area contributed by atoms with Gasteiger partial charge in [0.05, 0.1) is 0 Å². The SMILES string of the molecule is Cc1ccc2c(c1)CC(C)(C=O)C2. The minimum absolute atomic E-state index is 0.143. The fourth-order valence-corrected chi connectivity index (χ4v) is 2.11. The molecular formula is C12H14O. The number of rotatable bonds is 1. The molecular weight excluding hydrogens is 160 g/mol. The van der Waals surface area contributed by atoms with Crippen molar-refractivity contribution < 1.29 is 4.79 Å². The van der Waals surface area contributed by atoms with Crippen molar-refractivity contribution >= 4 is 6.29 Å². The first-order valence-corrected chi connectivity index (χ1v) is 4.68. The maximum atomic E-state index is 10.9. The summed E-state index contributed by atoms with van der Waals surface area (Å²) in [5.74, 6) is 0. The highest BCUT2D eigenvalue weighted by molar-refractivity contribution is 5.63. The van der Waals surface area contributed by atoms with E-state index in [0.717, 1.165) is 19.1 Å². The summed E-state index contributed by atoms with van der Waals surface area (Å²) in [6.07, 6.45) is 2.92. The zero-order chi connectivity index (χ0) is 9.47. The lowest BCUT2D eigenvalue weighted by Crippen LogP contribution is -2.17. The summed E-state index contributed by atoms with van der Waals surface area (Å²) >= 11 is 0. The third-order valence-corrected chi connectivity index (χ3v) is 2.83. The summed E-state index contributed by atoms with van der Waals surface area (Å²) < 4.78 is 0. The van der Waals surface area contributed by atoms with Crippen LogP contribution in [0.5, 0.6) is 0 Å². The van der Waals surface area contributed by atoms with Gasteiger partial charge in [-0.1, -0.05) is 30.7 Å². The molecule has 1 atom stereocenters. The van der Waals surface area contributed by atoms with Gasteiger partial charge >= 0.3 is 0 Å². The second-order valence-electron chi connectivity index (χ2n) is 4.40. The Hall–Kier alpha value is -1.11. The van der Waals surface area contributed by atoms with E-state index >= 15 is 0 Å². The molecule has 1 aliphatic rings. The summed E-state index contributed by atoms with van der Waals surface area (Å²) in [6, 6.07) is 6.47. The van der Waals surface area contributed by atoms with Gasteiger partial charge in [-0.2, -0.15) is 0 Å². The van der Waals surface area contributed by atoms with E-state index in [1.165, 1.54) is 16.7 Å². The topological polar surface area (TPSA) is 17.1 Å². The first-order valence-electron chi connectivity index (χ1n) is 4.68. The highest BCUT2D eigenvalue weighted by atomic mass is 16.1. The number of fused-ring (bicyclic) bond motifs is 1. The fraction of sp³-hybridized carbons (Fsp3) is 0.417. The van der Waals surface area contributed by atoms with Crippen LogP contribution < -0.4 is 0 Å². The molecule has 0 saturated carbocycles. The average molecular weight is 174 g/mol. The number of carbonyl (C=O) groups is 1. The second-order valence-corrected chi connectivity index (χ2v) is 4.40. The Morgan fingerprint density at radius 1 is 1.31 bits per heavy atom. The van der Waals surface area contributed by atoms with Crippen molar-refractivity contribution in [3.8, 4) is 0 Å². The van der Waals surface area contributed by atoms with Gasteiger partial charge in [0.15, 0.2) is 0 Å². The Morgan fingerprint density at radius 3 is 2.69 bits per heavy atom. The molecule has 1 heteroatoms. The van der Waals surface area contributed by atoms with Gasteiger partial charge in [0, 0.05) is 5.41 Å². The largest absolute Gasteiger partial charge is 0.303 e. The van der Waals surface area contributed by atoms with Crippen molar-refractivity contribution in [3.63, 3.8) is 0 Å². The van der Waals surface area contributed by atoms with E-state index in [4.69, 9.17) is 0 Å². The molecule has 0 aliphatic heterocycles.